The molecule has 2 atom stereocenters. The van der Waals surface area contributed by atoms with Crippen LogP contribution in [0.1, 0.15) is 12.0 Å². The highest BCUT2D eigenvalue weighted by atomic mass is 19.1. The van der Waals surface area contributed by atoms with Gasteiger partial charge >= 0.3 is 0 Å². The van der Waals surface area contributed by atoms with Gasteiger partial charge in [-0.3, -0.25) is 9.48 Å². The minimum absolute atomic E-state index is 0.0611. The van der Waals surface area contributed by atoms with Gasteiger partial charge in [-0.2, -0.15) is 5.10 Å². The molecule has 6 heteroatoms. The predicted molar refractivity (Wildman–Crippen MR) is 61.0 cm³/mol. The van der Waals surface area contributed by atoms with Crippen LogP contribution in [-0.2, 0) is 18.4 Å². The lowest BCUT2D eigenvalue weighted by Gasteiger charge is -2.20. The molecule has 1 aromatic rings. The molecule has 0 spiro atoms. The minimum atomic E-state index is -0.907. The molecule has 0 aromatic carbocycles. The monoisotopic (exact) mass is 240 g/mol. The number of hydrogen-bond acceptors (Lipinski definition) is 3. The number of alkyl halides is 1. The van der Waals surface area contributed by atoms with Gasteiger partial charge in [0.1, 0.15) is 6.17 Å². The second-order valence-electron chi connectivity index (χ2n) is 4.51. The molecule has 17 heavy (non-hydrogen) atoms. The zero-order valence-electron chi connectivity index (χ0n) is 10.1. The lowest BCUT2D eigenvalue weighted by molar-refractivity contribution is -0.132. The van der Waals surface area contributed by atoms with Crippen molar-refractivity contribution in [3.63, 3.8) is 0 Å². The van der Waals surface area contributed by atoms with E-state index in [0.29, 0.717) is 6.54 Å². The summed E-state index contributed by atoms with van der Waals surface area (Å²) in [6, 6.07) is -0.383. The Hall–Kier alpha value is -1.43. The van der Waals surface area contributed by atoms with Crippen molar-refractivity contribution >= 4 is 5.91 Å². The molecule has 1 N–H and O–H groups in total. The summed E-state index contributed by atoms with van der Waals surface area (Å²) in [7, 11) is 3.56. The van der Waals surface area contributed by atoms with Crippen LogP contribution in [0.15, 0.2) is 12.4 Å². The summed E-state index contributed by atoms with van der Waals surface area (Å²) in [6.45, 7) is 0.777. The number of aromatic nitrogens is 2. The third-order valence-electron chi connectivity index (χ3n) is 2.93. The summed E-state index contributed by atoms with van der Waals surface area (Å²) >= 11 is 0. The van der Waals surface area contributed by atoms with Gasteiger partial charge in [-0.1, -0.05) is 0 Å². The maximum Gasteiger partial charge on any atom is 0.239 e. The van der Waals surface area contributed by atoms with Gasteiger partial charge in [0, 0.05) is 45.4 Å². The van der Waals surface area contributed by atoms with E-state index >= 15 is 0 Å². The second-order valence-corrected chi connectivity index (χ2v) is 4.51. The highest BCUT2D eigenvalue weighted by Gasteiger charge is 2.31. The van der Waals surface area contributed by atoms with Crippen LogP contribution >= 0.6 is 0 Å². The Labute approximate surface area is 99.6 Å². The van der Waals surface area contributed by atoms with Crippen LogP contribution in [0.4, 0.5) is 4.39 Å². The van der Waals surface area contributed by atoms with E-state index in [4.69, 9.17) is 0 Å². The third-order valence-corrected chi connectivity index (χ3v) is 2.93. The Morgan fingerprint density at radius 3 is 3.06 bits per heavy atom. The average molecular weight is 240 g/mol. The molecule has 1 aliphatic heterocycles. The van der Waals surface area contributed by atoms with Crippen LogP contribution in [0.5, 0.6) is 0 Å². The highest BCUT2D eigenvalue weighted by molar-refractivity contribution is 5.82. The summed E-state index contributed by atoms with van der Waals surface area (Å²) in [5, 5.41) is 6.93. The molecule has 0 saturated carbocycles. The van der Waals surface area contributed by atoms with Gasteiger partial charge in [0.15, 0.2) is 0 Å². The maximum atomic E-state index is 13.0. The van der Waals surface area contributed by atoms with Crippen LogP contribution in [-0.4, -0.2) is 46.4 Å². The molecule has 94 valence electrons. The van der Waals surface area contributed by atoms with E-state index in [2.05, 4.69) is 10.4 Å². The van der Waals surface area contributed by atoms with Crippen molar-refractivity contribution < 1.29 is 9.18 Å². The summed E-state index contributed by atoms with van der Waals surface area (Å²) in [5.74, 6) is -0.0611. The van der Waals surface area contributed by atoms with Crippen LogP contribution in [0.3, 0.4) is 0 Å². The van der Waals surface area contributed by atoms with E-state index in [0.717, 1.165) is 5.56 Å². The lowest BCUT2D eigenvalue weighted by atomic mass is 10.2. The molecule has 1 fully saturated rings. The average Bonchev–Trinajstić information content (AvgIpc) is 2.87. The Kier molecular flexibility index (Phi) is 3.42. The highest BCUT2D eigenvalue weighted by Crippen LogP contribution is 2.13. The van der Waals surface area contributed by atoms with Crippen molar-refractivity contribution in [1.29, 1.82) is 0 Å². The molecule has 0 aliphatic carbocycles. The first-order valence-corrected chi connectivity index (χ1v) is 5.66. The fourth-order valence-corrected chi connectivity index (χ4v) is 2.05. The first kappa shape index (κ1) is 12.0. The van der Waals surface area contributed by atoms with E-state index in [1.165, 1.54) is 0 Å². The van der Waals surface area contributed by atoms with Crippen molar-refractivity contribution in [1.82, 2.24) is 20.0 Å². The molecule has 0 unspecified atom stereocenters. The number of likely N-dealkylation sites (N-methyl/N-ethyl adjacent to an activating group) is 1. The quantitative estimate of drug-likeness (QED) is 0.814. The molecule has 1 amide bonds. The first-order valence-electron chi connectivity index (χ1n) is 5.66. The molecule has 1 aromatic heterocycles. The molecule has 2 rings (SSSR count). The van der Waals surface area contributed by atoms with Crippen molar-refractivity contribution in [2.45, 2.75) is 25.2 Å². The third kappa shape index (κ3) is 2.82. The standard InChI is InChI=1S/C11H17FN4O/c1-15(6-8-4-14-16(2)7-8)11(17)10-3-9(12)5-13-10/h4,7,9-10,13H,3,5-6H2,1-2H3/t9-,10+/m0/s1. The number of amides is 1. The summed E-state index contributed by atoms with van der Waals surface area (Å²) < 4.78 is 14.7. The van der Waals surface area contributed by atoms with Gasteiger partial charge < -0.3 is 10.2 Å². The maximum absolute atomic E-state index is 13.0. The molecule has 2 heterocycles. The number of carbonyl (C=O) groups excluding carboxylic acids is 1. The number of hydrogen-bond donors (Lipinski definition) is 1. The van der Waals surface area contributed by atoms with Crippen molar-refractivity contribution in [3.05, 3.63) is 18.0 Å². The van der Waals surface area contributed by atoms with E-state index in [9.17, 15) is 9.18 Å². The predicted octanol–water partition coefficient (Wildman–Crippen LogP) is 0.0785. The van der Waals surface area contributed by atoms with E-state index in [-0.39, 0.29) is 24.9 Å². The Bertz CT molecular complexity index is 406. The number of nitrogens with zero attached hydrogens (tertiary/aromatic N) is 3. The molecular weight excluding hydrogens is 223 g/mol. The van der Waals surface area contributed by atoms with Crippen LogP contribution < -0.4 is 5.32 Å². The normalized spacial score (nSPS) is 23.9. The second kappa shape index (κ2) is 4.83. The topological polar surface area (TPSA) is 50.2 Å². The Morgan fingerprint density at radius 1 is 1.76 bits per heavy atom. The zero-order valence-corrected chi connectivity index (χ0v) is 10.1. The largest absolute Gasteiger partial charge is 0.340 e. The SMILES string of the molecule is CN(Cc1cnn(C)c1)C(=O)[C@H]1C[C@H](F)CN1. The molecule has 5 nitrogen and oxygen atoms in total. The molecule has 0 radical (unpaired) electrons. The van der Waals surface area contributed by atoms with Crippen molar-refractivity contribution in [2.75, 3.05) is 13.6 Å². The van der Waals surface area contributed by atoms with Gasteiger partial charge in [-0.15, -0.1) is 0 Å². The summed E-state index contributed by atoms with van der Waals surface area (Å²) in [6.07, 6.45) is 2.96. The summed E-state index contributed by atoms with van der Waals surface area (Å²) in [4.78, 5) is 13.6. The van der Waals surface area contributed by atoms with Gasteiger partial charge in [-0.05, 0) is 0 Å². The Balaban J connectivity index is 1.91. The minimum Gasteiger partial charge on any atom is -0.340 e. The van der Waals surface area contributed by atoms with E-state index < -0.39 is 6.17 Å². The number of carbonyl (C=O) groups is 1. The van der Waals surface area contributed by atoms with Crippen LogP contribution in [0, 0.1) is 0 Å². The number of aryl methyl sites for hydroxylation is 1. The van der Waals surface area contributed by atoms with Gasteiger partial charge in [0.2, 0.25) is 5.91 Å². The van der Waals surface area contributed by atoms with Gasteiger partial charge in [0.05, 0.1) is 12.2 Å². The van der Waals surface area contributed by atoms with Crippen molar-refractivity contribution in [3.8, 4) is 0 Å². The summed E-state index contributed by atoms with van der Waals surface area (Å²) in [5.41, 5.74) is 0.971. The van der Waals surface area contributed by atoms with E-state index in [1.807, 2.05) is 13.2 Å². The van der Waals surface area contributed by atoms with Crippen LogP contribution in [0.25, 0.3) is 0 Å². The molecule has 1 aliphatic rings. The molecular formula is C11H17FN4O. The van der Waals surface area contributed by atoms with Gasteiger partial charge in [-0.25, -0.2) is 4.39 Å². The number of nitrogens with one attached hydrogen (secondary N) is 1. The molecule has 1 saturated heterocycles. The smallest absolute Gasteiger partial charge is 0.239 e. The lowest BCUT2D eigenvalue weighted by Crippen LogP contribution is -2.41. The fraction of sp³-hybridized carbons (Fsp3) is 0.636. The molecule has 0 bridgehead atoms. The van der Waals surface area contributed by atoms with Crippen molar-refractivity contribution in [2.24, 2.45) is 7.05 Å². The fourth-order valence-electron chi connectivity index (χ4n) is 2.05. The number of halogens is 1. The van der Waals surface area contributed by atoms with Crippen LogP contribution in [0.2, 0.25) is 0 Å². The van der Waals surface area contributed by atoms with E-state index in [1.54, 1.807) is 22.8 Å². The Morgan fingerprint density at radius 2 is 2.53 bits per heavy atom. The van der Waals surface area contributed by atoms with Gasteiger partial charge in [0.25, 0.3) is 0 Å². The zero-order chi connectivity index (χ0) is 12.4. The first-order chi connectivity index (χ1) is 8.06. The number of rotatable bonds is 3.